The van der Waals surface area contributed by atoms with Gasteiger partial charge in [0.05, 0.1) is 12.6 Å². The van der Waals surface area contributed by atoms with Crippen molar-refractivity contribution < 1.29 is 23.0 Å². The maximum atomic E-state index is 12.4. The van der Waals surface area contributed by atoms with E-state index in [9.17, 15) is 18.3 Å². The summed E-state index contributed by atoms with van der Waals surface area (Å²) in [5.74, 6) is 1.17. The van der Waals surface area contributed by atoms with Gasteiger partial charge >= 0.3 is 6.36 Å². The molecule has 3 rings (SSSR count). The van der Waals surface area contributed by atoms with Gasteiger partial charge in [-0.3, -0.25) is 0 Å². The van der Waals surface area contributed by atoms with Crippen LogP contribution in [0.15, 0.2) is 30.5 Å². The molecular weight excluding hydrogens is 373 g/mol. The number of fused-ring (bicyclic) bond motifs is 1. The van der Waals surface area contributed by atoms with Crippen molar-refractivity contribution in [3.63, 3.8) is 0 Å². The third-order valence-corrected chi connectivity index (χ3v) is 4.70. The lowest BCUT2D eigenvalue weighted by atomic mass is 9.99. The largest absolute Gasteiger partial charge is 0.573 e. The van der Waals surface area contributed by atoms with E-state index in [1.807, 2.05) is 18.7 Å². The smallest absolute Gasteiger partial charge is 0.406 e. The van der Waals surface area contributed by atoms with Crippen LogP contribution in [0.5, 0.6) is 5.75 Å². The van der Waals surface area contributed by atoms with Crippen LogP contribution in [0, 0.1) is 5.92 Å². The Labute approximate surface area is 161 Å². The van der Waals surface area contributed by atoms with E-state index in [1.54, 1.807) is 18.3 Å². The number of aliphatic hydroxyl groups excluding tert-OH is 1. The summed E-state index contributed by atoms with van der Waals surface area (Å²) in [6, 6.07) is 6.08. The predicted octanol–water partition coefficient (Wildman–Crippen LogP) is 3.37. The summed E-state index contributed by atoms with van der Waals surface area (Å²) in [5.41, 5.74) is 1.77. The number of aliphatic hydroxyl groups is 1. The maximum absolute atomic E-state index is 12.4. The van der Waals surface area contributed by atoms with Gasteiger partial charge in [0.25, 0.3) is 0 Å². The van der Waals surface area contributed by atoms with E-state index in [0.717, 1.165) is 16.9 Å². The van der Waals surface area contributed by atoms with E-state index in [1.165, 1.54) is 12.1 Å². The molecule has 28 heavy (non-hydrogen) atoms. The molecule has 1 aliphatic rings. The highest BCUT2D eigenvalue weighted by Crippen LogP contribution is 2.29. The first kappa shape index (κ1) is 20.2. The van der Waals surface area contributed by atoms with E-state index < -0.39 is 6.36 Å². The van der Waals surface area contributed by atoms with Crippen LogP contribution < -0.4 is 15.0 Å². The molecule has 0 spiro atoms. The summed E-state index contributed by atoms with van der Waals surface area (Å²) < 4.78 is 41.2. The second kappa shape index (κ2) is 8.22. The van der Waals surface area contributed by atoms with Gasteiger partial charge in [0.15, 0.2) is 0 Å². The fraction of sp³-hybridized carbons (Fsp3) is 0.474. The number of ether oxygens (including phenoxy) is 1. The van der Waals surface area contributed by atoms with Crippen molar-refractivity contribution in [2.75, 3.05) is 23.4 Å². The number of hydrogen-bond donors (Lipinski definition) is 2. The van der Waals surface area contributed by atoms with Gasteiger partial charge in [-0.25, -0.2) is 4.98 Å². The van der Waals surface area contributed by atoms with Crippen molar-refractivity contribution >= 4 is 11.8 Å². The van der Waals surface area contributed by atoms with Gasteiger partial charge in [-0.15, -0.1) is 13.2 Å². The molecule has 2 heterocycles. The zero-order chi connectivity index (χ0) is 20.3. The van der Waals surface area contributed by atoms with E-state index in [0.29, 0.717) is 25.5 Å². The molecule has 152 valence electrons. The normalized spacial score (nSPS) is 15.3. The third-order valence-electron chi connectivity index (χ3n) is 4.70. The molecule has 1 aromatic carbocycles. The maximum Gasteiger partial charge on any atom is 0.573 e. The molecular formula is C19H23F3N4O2. The number of alkyl halides is 3. The van der Waals surface area contributed by atoms with E-state index >= 15 is 0 Å². The van der Waals surface area contributed by atoms with Crippen LogP contribution in [0.4, 0.5) is 24.9 Å². The third kappa shape index (κ3) is 5.03. The monoisotopic (exact) mass is 396 g/mol. The van der Waals surface area contributed by atoms with Gasteiger partial charge < -0.3 is 20.1 Å². The number of nitrogens with zero attached hydrogens (tertiary/aromatic N) is 3. The number of halogens is 3. The van der Waals surface area contributed by atoms with E-state index in [-0.39, 0.29) is 24.3 Å². The molecule has 0 aliphatic carbocycles. The zero-order valence-corrected chi connectivity index (χ0v) is 15.7. The Morgan fingerprint density at radius 3 is 2.71 bits per heavy atom. The second-order valence-electron chi connectivity index (χ2n) is 7.07. The summed E-state index contributed by atoms with van der Waals surface area (Å²) >= 11 is 0. The van der Waals surface area contributed by atoms with Crippen LogP contribution in [-0.4, -0.2) is 40.6 Å². The molecule has 1 aromatic heterocycles. The highest BCUT2D eigenvalue weighted by atomic mass is 19.4. The molecule has 0 bridgehead atoms. The van der Waals surface area contributed by atoms with Gasteiger partial charge in [-0.05, 0) is 41.7 Å². The van der Waals surface area contributed by atoms with Crippen molar-refractivity contribution in [2.45, 2.75) is 39.2 Å². The molecule has 9 heteroatoms. The van der Waals surface area contributed by atoms with Crippen LogP contribution in [0.25, 0.3) is 0 Å². The Balaban J connectivity index is 1.73. The number of nitrogens with one attached hydrogen (secondary N) is 1. The summed E-state index contributed by atoms with van der Waals surface area (Å²) in [6.45, 7) is 5.12. The fourth-order valence-corrected chi connectivity index (χ4v) is 3.11. The van der Waals surface area contributed by atoms with Gasteiger partial charge in [0.2, 0.25) is 5.95 Å². The Bertz CT molecular complexity index is 814. The topological polar surface area (TPSA) is 70.5 Å². The molecule has 1 aliphatic heterocycles. The molecule has 0 unspecified atom stereocenters. The van der Waals surface area contributed by atoms with Crippen molar-refractivity contribution in [3.05, 3.63) is 41.6 Å². The number of aromatic nitrogens is 2. The van der Waals surface area contributed by atoms with Crippen molar-refractivity contribution in [2.24, 2.45) is 5.92 Å². The second-order valence-corrected chi connectivity index (χ2v) is 7.07. The zero-order valence-electron chi connectivity index (χ0n) is 15.7. The minimum Gasteiger partial charge on any atom is -0.406 e. The molecule has 0 amide bonds. The highest BCUT2D eigenvalue weighted by Gasteiger charge is 2.31. The Morgan fingerprint density at radius 2 is 2.04 bits per heavy atom. The van der Waals surface area contributed by atoms with Gasteiger partial charge in [-0.1, -0.05) is 19.9 Å². The van der Waals surface area contributed by atoms with Crippen LogP contribution in [0.3, 0.4) is 0 Å². The Morgan fingerprint density at radius 1 is 1.25 bits per heavy atom. The lowest BCUT2D eigenvalue weighted by Crippen LogP contribution is -2.33. The molecule has 1 atom stereocenters. The average Bonchev–Trinajstić information content (AvgIpc) is 2.64. The van der Waals surface area contributed by atoms with Crippen LogP contribution >= 0.6 is 0 Å². The van der Waals surface area contributed by atoms with Gasteiger partial charge in [0, 0.05) is 19.3 Å². The van der Waals surface area contributed by atoms with E-state index in [2.05, 4.69) is 20.0 Å². The molecule has 2 aromatic rings. The summed E-state index contributed by atoms with van der Waals surface area (Å²) in [5, 5.41) is 12.6. The van der Waals surface area contributed by atoms with Gasteiger partial charge in [-0.2, -0.15) is 4.98 Å². The minimum atomic E-state index is -4.69. The molecule has 0 radical (unpaired) electrons. The molecule has 2 N–H and O–H groups in total. The van der Waals surface area contributed by atoms with Crippen molar-refractivity contribution in [1.82, 2.24) is 9.97 Å². The lowest BCUT2D eigenvalue weighted by Gasteiger charge is -2.30. The summed E-state index contributed by atoms with van der Waals surface area (Å²) in [7, 11) is 0. The molecule has 0 fully saturated rings. The van der Waals surface area contributed by atoms with Crippen LogP contribution in [0.1, 0.15) is 25.0 Å². The quantitative estimate of drug-likeness (QED) is 0.780. The van der Waals surface area contributed by atoms with Crippen LogP contribution in [0.2, 0.25) is 0 Å². The SMILES string of the molecule is CC(C)[C@H](CO)Nc1nccc(N2CCc3cc(OC(F)(F)F)ccc3C2)n1. The Hall–Kier alpha value is -2.55. The minimum absolute atomic E-state index is 0.0231. The summed E-state index contributed by atoms with van der Waals surface area (Å²) in [6.07, 6.45) is -2.46. The average molecular weight is 396 g/mol. The number of hydrogen-bond acceptors (Lipinski definition) is 6. The van der Waals surface area contributed by atoms with Crippen molar-refractivity contribution in [1.29, 1.82) is 0 Å². The number of benzene rings is 1. The first-order valence-electron chi connectivity index (χ1n) is 9.08. The highest BCUT2D eigenvalue weighted by molar-refractivity contribution is 5.48. The first-order chi connectivity index (χ1) is 13.2. The van der Waals surface area contributed by atoms with Gasteiger partial charge in [0.1, 0.15) is 11.6 Å². The number of rotatable bonds is 6. The van der Waals surface area contributed by atoms with E-state index in [4.69, 9.17) is 0 Å². The number of anilines is 2. The molecule has 0 saturated carbocycles. The summed E-state index contributed by atoms with van der Waals surface area (Å²) in [4.78, 5) is 10.8. The fourth-order valence-electron chi connectivity index (χ4n) is 3.11. The van der Waals surface area contributed by atoms with Crippen molar-refractivity contribution in [3.8, 4) is 5.75 Å². The predicted molar refractivity (Wildman–Crippen MR) is 99.2 cm³/mol. The van der Waals surface area contributed by atoms with Crippen LogP contribution in [-0.2, 0) is 13.0 Å². The first-order valence-corrected chi connectivity index (χ1v) is 9.08. The Kier molecular flexibility index (Phi) is 5.93. The lowest BCUT2D eigenvalue weighted by molar-refractivity contribution is -0.274. The molecule has 0 saturated heterocycles. The molecule has 6 nitrogen and oxygen atoms in total. The standard InChI is InChI=1S/C19H23F3N4O2/c1-12(2)16(11-27)24-18-23-7-5-17(25-18)26-8-6-13-9-15(28-19(20,21)22)4-3-14(13)10-26/h3-5,7,9,12,16,27H,6,8,10-11H2,1-2H3,(H,23,24,25)/t16-/m0/s1.